The van der Waals surface area contributed by atoms with Gasteiger partial charge in [0.15, 0.2) is 0 Å². The summed E-state index contributed by atoms with van der Waals surface area (Å²) >= 11 is 0. The molecule has 0 bridgehead atoms. The summed E-state index contributed by atoms with van der Waals surface area (Å²) in [7, 11) is 0. The van der Waals surface area contributed by atoms with Crippen molar-refractivity contribution in [3.8, 4) is 5.69 Å². The fraction of sp³-hybridized carbons (Fsp3) is 0.222. The Balaban J connectivity index is 1.65. The number of anilines is 1. The Labute approximate surface area is 145 Å². The minimum atomic E-state index is -0.363. The summed E-state index contributed by atoms with van der Waals surface area (Å²) in [5, 5.41) is 7.42. The van der Waals surface area contributed by atoms with Gasteiger partial charge in [-0.05, 0) is 43.7 Å². The Morgan fingerprint density at radius 3 is 2.64 bits per heavy atom. The summed E-state index contributed by atoms with van der Waals surface area (Å²) in [5.74, 6) is 0.333. The van der Waals surface area contributed by atoms with Gasteiger partial charge in [0, 0.05) is 12.2 Å². The Kier molecular flexibility index (Phi) is 5.03. The van der Waals surface area contributed by atoms with Crippen LogP contribution in [0, 0.1) is 0 Å². The van der Waals surface area contributed by atoms with Gasteiger partial charge in [-0.1, -0.05) is 12.1 Å². The van der Waals surface area contributed by atoms with Gasteiger partial charge in [-0.25, -0.2) is 19.4 Å². The number of benzene rings is 1. The maximum absolute atomic E-state index is 11.6. The highest BCUT2D eigenvalue weighted by Crippen LogP contribution is 2.19. The Bertz CT molecular complexity index is 814. The number of ether oxygens (including phenoxy) is 1. The lowest BCUT2D eigenvalue weighted by molar-refractivity contribution is 0.0526. The Hall–Kier alpha value is -3.22. The van der Waals surface area contributed by atoms with Crippen LogP contribution in [0.2, 0.25) is 0 Å². The van der Waals surface area contributed by atoms with Crippen molar-refractivity contribution in [1.29, 1.82) is 0 Å². The second kappa shape index (κ2) is 7.57. The van der Waals surface area contributed by atoms with E-state index in [0.29, 0.717) is 18.0 Å². The van der Waals surface area contributed by atoms with E-state index in [2.05, 4.69) is 20.4 Å². The molecule has 0 fully saturated rings. The molecule has 1 unspecified atom stereocenters. The highest BCUT2D eigenvalue weighted by atomic mass is 16.5. The number of hydrogen-bond acceptors (Lipinski definition) is 6. The van der Waals surface area contributed by atoms with Crippen LogP contribution >= 0.6 is 0 Å². The van der Waals surface area contributed by atoms with E-state index < -0.39 is 0 Å². The molecule has 0 amide bonds. The number of nitrogens with one attached hydrogen (secondary N) is 1. The van der Waals surface area contributed by atoms with E-state index in [-0.39, 0.29) is 12.0 Å². The molecule has 0 aliphatic heterocycles. The van der Waals surface area contributed by atoms with Crippen LogP contribution in [0.5, 0.6) is 0 Å². The largest absolute Gasteiger partial charge is 0.462 e. The van der Waals surface area contributed by atoms with Crippen molar-refractivity contribution in [1.82, 2.24) is 19.7 Å². The molecule has 3 aromatic rings. The minimum absolute atomic E-state index is 0.0609. The zero-order valence-electron chi connectivity index (χ0n) is 14.1. The molecule has 0 aliphatic carbocycles. The molecule has 2 heterocycles. The van der Waals surface area contributed by atoms with Crippen molar-refractivity contribution in [2.24, 2.45) is 0 Å². The van der Waals surface area contributed by atoms with Crippen molar-refractivity contribution < 1.29 is 9.53 Å². The summed E-state index contributed by atoms with van der Waals surface area (Å²) < 4.78 is 6.66. The van der Waals surface area contributed by atoms with Crippen LogP contribution in [0.25, 0.3) is 5.69 Å². The van der Waals surface area contributed by atoms with Crippen LogP contribution in [-0.2, 0) is 4.74 Å². The number of pyridine rings is 1. The van der Waals surface area contributed by atoms with E-state index >= 15 is 0 Å². The molecule has 0 radical (unpaired) electrons. The zero-order valence-corrected chi connectivity index (χ0v) is 14.1. The summed E-state index contributed by atoms with van der Waals surface area (Å²) in [5.41, 5.74) is 2.50. The number of nitrogens with zero attached hydrogens (tertiary/aromatic N) is 4. The van der Waals surface area contributed by atoms with Crippen molar-refractivity contribution >= 4 is 11.8 Å². The first-order chi connectivity index (χ1) is 12.2. The van der Waals surface area contributed by atoms with Crippen LogP contribution < -0.4 is 5.32 Å². The molecule has 128 valence electrons. The van der Waals surface area contributed by atoms with Crippen LogP contribution in [0.3, 0.4) is 0 Å². The average Bonchev–Trinajstić information content (AvgIpc) is 3.17. The monoisotopic (exact) mass is 337 g/mol. The van der Waals surface area contributed by atoms with E-state index in [1.54, 1.807) is 30.1 Å². The van der Waals surface area contributed by atoms with E-state index in [1.165, 1.54) is 12.5 Å². The third kappa shape index (κ3) is 4.00. The third-order valence-corrected chi connectivity index (χ3v) is 3.72. The zero-order chi connectivity index (χ0) is 17.6. The fourth-order valence-corrected chi connectivity index (χ4v) is 2.38. The van der Waals surface area contributed by atoms with E-state index in [0.717, 1.165) is 11.3 Å². The normalized spacial score (nSPS) is 11.8. The van der Waals surface area contributed by atoms with Crippen molar-refractivity contribution in [3.05, 3.63) is 66.4 Å². The first-order valence-corrected chi connectivity index (χ1v) is 8.02. The number of rotatable bonds is 6. The number of esters is 1. The molecule has 0 aliphatic rings. The third-order valence-electron chi connectivity index (χ3n) is 3.72. The van der Waals surface area contributed by atoms with Gasteiger partial charge in [0.25, 0.3) is 0 Å². The second-order valence-electron chi connectivity index (χ2n) is 5.45. The molecule has 1 N–H and O–H groups in total. The minimum Gasteiger partial charge on any atom is -0.462 e. The molecular weight excluding hydrogens is 318 g/mol. The van der Waals surface area contributed by atoms with Crippen molar-refractivity contribution in [2.75, 3.05) is 11.9 Å². The molecule has 7 heteroatoms. The number of aromatic nitrogens is 4. The second-order valence-corrected chi connectivity index (χ2v) is 5.45. The summed E-state index contributed by atoms with van der Waals surface area (Å²) in [6.45, 7) is 4.17. The molecular formula is C18H19N5O2. The van der Waals surface area contributed by atoms with Crippen LogP contribution in [0.4, 0.5) is 5.82 Å². The van der Waals surface area contributed by atoms with Crippen molar-refractivity contribution in [3.63, 3.8) is 0 Å². The number of hydrogen-bond donors (Lipinski definition) is 1. The highest BCUT2D eigenvalue weighted by molar-refractivity contribution is 5.89. The van der Waals surface area contributed by atoms with Gasteiger partial charge in [-0.15, -0.1) is 0 Å². The lowest BCUT2D eigenvalue weighted by atomic mass is 10.1. The SMILES string of the molecule is CCOC(=O)c1ccc(NC(C)c2ccc(-n3cncn3)cc2)nc1. The smallest absolute Gasteiger partial charge is 0.339 e. The number of carbonyl (C=O) groups is 1. The van der Waals surface area contributed by atoms with E-state index in [1.807, 2.05) is 31.2 Å². The molecule has 25 heavy (non-hydrogen) atoms. The molecule has 0 saturated carbocycles. The predicted molar refractivity (Wildman–Crippen MR) is 93.6 cm³/mol. The van der Waals surface area contributed by atoms with Gasteiger partial charge < -0.3 is 10.1 Å². The topological polar surface area (TPSA) is 81.9 Å². The molecule has 3 rings (SSSR count). The van der Waals surface area contributed by atoms with E-state index in [4.69, 9.17) is 4.74 Å². The van der Waals surface area contributed by atoms with Crippen LogP contribution in [0.15, 0.2) is 55.2 Å². The lowest BCUT2D eigenvalue weighted by Gasteiger charge is -2.15. The van der Waals surface area contributed by atoms with Gasteiger partial charge in [0.1, 0.15) is 18.5 Å². The Morgan fingerprint density at radius 2 is 2.04 bits per heavy atom. The van der Waals surface area contributed by atoms with Crippen molar-refractivity contribution in [2.45, 2.75) is 19.9 Å². The summed E-state index contributed by atoms with van der Waals surface area (Å²) in [6, 6.07) is 11.6. The molecule has 1 aromatic carbocycles. The Morgan fingerprint density at radius 1 is 1.24 bits per heavy atom. The molecule has 0 spiro atoms. The standard InChI is InChI=1S/C18H19N5O2/c1-3-25-18(24)15-6-9-17(20-10-15)22-13(2)14-4-7-16(8-5-14)23-12-19-11-21-23/h4-13H,3H2,1-2H3,(H,20,22). The van der Waals surface area contributed by atoms with Gasteiger partial charge in [-0.3, -0.25) is 0 Å². The molecule has 7 nitrogen and oxygen atoms in total. The fourth-order valence-electron chi connectivity index (χ4n) is 2.38. The molecule has 1 atom stereocenters. The first kappa shape index (κ1) is 16.6. The van der Waals surface area contributed by atoms with Gasteiger partial charge in [0.2, 0.25) is 0 Å². The quantitative estimate of drug-likeness (QED) is 0.696. The maximum Gasteiger partial charge on any atom is 0.339 e. The first-order valence-electron chi connectivity index (χ1n) is 8.02. The van der Waals surface area contributed by atoms with Crippen LogP contribution in [0.1, 0.15) is 35.8 Å². The maximum atomic E-state index is 11.6. The number of carbonyl (C=O) groups excluding carboxylic acids is 1. The van der Waals surface area contributed by atoms with Gasteiger partial charge >= 0.3 is 5.97 Å². The van der Waals surface area contributed by atoms with Gasteiger partial charge in [0.05, 0.1) is 17.9 Å². The van der Waals surface area contributed by atoms with E-state index in [9.17, 15) is 4.79 Å². The average molecular weight is 337 g/mol. The lowest BCUT2D eigenvalue weighted by Crippen LogP contribution is -2.09. The summed E-state index contributed by atoms with van der Waals surface area (Å²) in [4.78, 5) is 19.8. The molecule has 0 saturated heterocycles. The predicted octanol–water partition coefficient (Wildman–Crippen LogP) is 3.01. The molecule has 2 aromatic heterocycles. The summed E-state index contributed by atoms with van der Waals surface area (Å²) in [6.07, 6.45) is 4.68. The van der Waals surface area contributed by atoms with Gasteiger partial charge in [-0.2, -0.15) is 5.10 Å². The van der Waals surface area contributed by atoms with Crippen LogP contribution in [-0.4, -0.2) is 32.3 Å². The highest BCUT2D eigenvalue weighted by Gasteiger charge is 2.09.